The number of halogens is 2. The predicted octanol–water partition coefficient (Wildman–Crippen LogP) is 5.63. The summed E-state index contributed by atoms with van der Waals surface area (Å²) in [5.74, 6) is -0.242. The van der Waals surface area contributed by atoms with Crippen LogP contribution in [0, 0.1) is 9.39 Å². The first-order valence-corrected chi connectivity index (χ1v) is 12.4. The van der Waals surface area contributed by atoms with Gasteiger partial charge in [-0.1, -0.05) is 12.1 Å². The monoisotopic (exact) mass is 623 g/mol. The van der Waals surface area contributed by atoms with Crippen LogP contribution in [0.2, 0.25) is 0 Å². The van der Waals surface area contributed by atoms with E-state index >= 15 is 0 Å². The van der Waals surface area contributed by atoms with Crippen LogP contribution in [-0.4, -0.2) is 36.2 Å². The number of hydrogen-bond donors (Lipinski definition) is 0. The lowest BCUT2D eigenvalue weighted by Crippen LogP contribution is -2.27. The fourth-order valence-electron chi connectivity index (χ4n) is 3.32. The summed E-state index contributed by atoms with van der Waals surface area (Å²) in [6.07, 6.45) is 1.60. The van der Waals surface area contributed by atoms with E-state index in [1.54, 1.807) is 30.3 Å². The maximum absolute atomic E-state index is 13.1. The van der Waals surface area contributed by atoms with Crippen molar-refractivity contribution in [2.45, 2.75) is 13.2 Å². The van der Waals surface area contributed by atoms with Crippen molar-refractivity contribution >= 4 is 57.5 Å². The summed E-state index contributed by atoms with van der Waals surface area (Å²) < 4.78 is 35.2. The van der Waals surface area contributed by atoms with E-state index in [1.165, 1.54) is 38.5 Å². The summed E-state index contributed by atoms with van der Waals surface area (Å²) in [7, 11) is 2.73. The molecule has 0 bridgehead atoms. The lowest BCUT2D eigenvalue weighted by Gasteiger charge is -2.14. The summed E-state index contributed by atoms with van der Waals surface area (Å²) in [5, 5.41) is -0.455. The molecule has 8 nitrogen and oxygen atoms in total. The molecule has 0 radical (unpaired) electrons. The van der Waals surface area contributed by atoms with Gasteiger partial charge in [0.1, 0.15) is 18.2 Å². The van der Waals surface area contributed by atoms with Crippen molar-refractivity contribution in [3.63, 3.8) is 0 Å². The van der Waals surface area contributed by atoms with Crippen LogP contribution in [0.3, 0.4) is 0 Å². The molecule has 36 heavy (non-hydrogen) atoms. The first-order chi connectivity index (χ1) is 17.3. The van der Waals surface area contributed by atoms with Crippen molar-refractivity contribution in [3.8, 4) is 11.5 Å². The first kappa shape index (κ1) is 25.8. The molecular weight excluding hydrogens is 604 g/mol. The zero-order valence-corrected chi connectivity index (χ0v) is 22.1. The number of carbonyl (C=O) groups excluding carboxylic acids is 3. The Labute approximate surface area is 223 Å². The van der Waals surface area contributed by atoms with Gasteiger partial charge >= 0.3 is 5.97 Å². The number of esters is 1. The van der Waals surface area contributed by atoms with Crippen LogP contribution in [0.15, 0.2) is 57.9 Å². The molecule has 1 fully saturated rings. The average Bonchev–Trinajstić information content (AvgIpc) is 3.44. The van der Waals surface area contributed by atoms with Crippen LogP contribution in [0.1, 0.15) is 27.4 Å². The van der Waals surface area contributed by atoms with Gasteiger partial charge < -0.3 is 18.6 Å². The summed E-state index contributed by atoms with van der Waals surface area (Å²) in [6, 6.07) is 12.4. The Hall–Kier alpha value is -3.32. The second-order valence-electron chi connectivity index (χ2n) is 7.47. The summed E-state index contributed by atoms with van der Waals surface area (Å²) in [6.45, 7) is 0.103. The lowest BCUT2D eigenvalue weighted by molar-refractivity contribution is -0.123. The van der Waals surface area contributed by atoms with Gasteiger partial charge in [0.2, 0.25) is 5.76 Å². The number of hydrogen-bond acceptors (Lipinski definition) is 8. The summed E-state index contributed by atoms with van der Waals surface area (Å²) >= 11 is 2.90. The van der Waals surface area contributed by atoms with Gasteiger partial charge in [-0.05, 0) is 88.0 Å². The Morgan fingerprint density at radius 1 is 1.14 bits per heavy atom. The third-order valence-electron chi connectivity index (χ3n) is 5.08. The summed E-state index contributed by atoms with van der Waals surface area (Å²) in [4.78, 5) is 38.2. The fourth-order valence-corrected chi connectivity index (χ4v) is 4.94. The number of imide groups is 1. The number of furan rings is 1. The van der Waals surface area contributed by atoms with Crippen LogP contribution in [0.4, 0.5) is 9.18 Å². The van der Waals surface area contributed by atoms with Gasteiger partial charge in [0.15, 0.2) is 11.5 Å². The average molecular weight is 623 g/mol. The lowest BCUT2D eigenvalue weighted by atomic mass is 10.1. The molecule has 0 atom stereocenters. The van der Waals surface area contributed by atoms with Gasteiger partial charge in [0.25, 0.3) is 11.1 Å². The topological polar surface area (TPSA) is 95.3 Å². The molecule has 0 spiro atoms. The van der Waals surface area contributed by atoms with Crippen LogP contribution >= 0.6 is 34.4 Å². The second-order valence-corrected chi connectivity index (χ2v) is 9.63. The van der Waals surface area contributed by atoms with E-state index in [-0.39, 0.29) is 35.4 Å². The molecule has 2 heterocycles. The number of thioether (sulfide) groups is 1. The number of amides is 2. The molecule has 0 saturated carbocycles. The molecule has 0 unspecified atom stereocenters. The van der Waals surface area contributed by atoms with Crippen molar-refractivity contribution in [2.75, 3.05) is 14.2 Å². The fraction of sp³-hybridized carbons (Fsp3) is 0.160. The first-order valence-electron chi connectivity index (χ1n) is 10.5. The number of rotatable bonds is 8. The van der Waals surface area contributed by atoms with E-state index in [9.17, 15) is 18.8 Å². The molecule has 2 aromatic carbocycles. The number of benzene rings is 2. The zero-order chi connectivity index (χ0) is 25.8. The highest BCUT2D eigenvalue weighted by molar-refractivity contribution is 14.1. The minimum atomic E-state index is -0.649. The standard InChI is InChI=1S/C25H19FINO7S/c1-32-20-10-15(9-18(27)22(20)34-13-14-3-5-16(26)6-4-14)11-21-23(29)28(25(31)36-21)12-17-7-8-19(35-17)24(30)33-2/h3-11H,12-13H2,1-2H3/b21-11+. The second kappa shape index (κ2) is 11.2. The molecule has 1 aromatic heterocycles. The largest absolute Gasteiger partial charge is 0.493 e. The molecule has 3 aromatic rings. The van der Waals surface area contributed by atoms with Crippen LogP contribution in [0.5, 0.6) is 11.5 Å². The highest BCUT2D eigenvalue weighted by atomic mass is 127. The van der Waals surface area contributed by atoms with E-state index < -0.39 is 17.1 Å². The minimum absolute atomic E-state index is 0.0154. The molecule has 0 N–H and O–H groups in total. The SMILES string of the molecule is COC(=O)c1ccc(CN2C(=O)S/C(=C/c3cc(I)c(OCc4ccc(F)cc4)c(OC)c3)C2=O)o1. The van der Waals surface area contributed by atoms with E-state index in [2.05, 4.69) is 27.3 Å². The molecule has 186 valence electrons. The molecular formula is C25H19FINO7S. The minimum Gasteiger partial charge on any atom is -0.493 e. The third-order valence-corrected chi connectivity index (χ3v) is 6.79. The van der Waals surface area contributed by atoms with E-state index in [0.29, 0.717) is 17.1 Å². The number of carbonyl (C=O) groups is 3. The molecule has 11 heteroatoms. The Balaban J connectivity index is 1.50. The Kier molecular flexibility index (Phi) is 7.99. The Bertz CT molecular complexity index is 1350. The van der Waals surface area contributed by atoms with Gasteiger partial charge in [0, 0.05) is 0 Å². The molecule has 1 saturated heterocycles. The van der Waals surface area contributed by atoms with E-state index in [0.717, 1.165) is 25.8 Å². The van der Waals surface area contributed by atoms with Crippen LogP contribution in [-0.2, 0) is 22.7 Å². The maximum Gasteiger partial charge on any atom is 0.373 e. The molecule has 0 aliphatic carbocycles. The third kappa shape index (κ3) is 5.73. The van der Waals surface area contributed by atoms with Gasteiger partial charge in [-0.25, -0.2) is 9.18 Å². The Morgan fingerprint density at radius 2 is 1.89 bits per heavy atom. The van der Waals surface area contributed by atoms with Crippen molar-refractivity contribution in [1.82, 2.24) is 4.90 Å². The molecule has 4 rings (SSSR count). The molecule has 1 aliphatic rings. The molecule has 2 amide bonds. The number of ether oxygens (including phenoxy) is 3. The predicted molar refractivity (Wildman–Crippen MR) is 138 cm³/mol. The summed E-state index contributed by atoms with van der Waals surface area (Å²) in [5.41, 5.74) is 1.43. The van der Waals surface area contributed by atoms with E-state index in [1.807, 2.05) is 0 Å². The highest BCUT2D eigenvalue weighted by Crippen LogP contribution is 2.38. The van der Waals surface area contributed by atoms with Crippen molar-refractivity contribution in [2.24, 2.45) is 0 Å². The van der Waals surface area contributed by atoms with Crippen molar-refractivity contribution < 1.29 is 37.4 Å². The highest BCUT2D eigenvalue weighted by Gasteiger charge is 2.36. The van der Waals surface area contributed by atoms with Crippen LogP contribution < -0.4 is 9.47 Å². The number of nitrogens with zero attached hydrogens (tertiary/aromatic N) is 1. The number of methoxy groups -OCH3 is 2. The van der Waals surface area contributed by atoms with Gasteiger partial charge in [-0.2, -0.15) is 0 Å². The maximum atomic E-state index is 13.1. The van der Waals surface area contributed by atoms with E-state index in [4.69, 9.17) is 13.9 Å². The normalized spacial score (nSPS) is 14.4. The zero-order valence-electron chi connectivity index (χ0n) is 19.1. The van der Waals surface area contributed by atoms with Crippen molar-refractivity contribution in [3.05, 3.63) is 85.5 Å². The Morgan fingerprint density at radius 3 is 2.58 bits per heavy atom. The van der Waals surface area contributed by atoms with Crippen molar-refractivity contribution in [1.29, 1.82) is 0 Å². The van der Waals surface area contributed by atoms with Gasteiger partial charge in [0.05, 0.1) is 29.2 Å². The van der Waals surface area contributed by atoms with Gasteiger partial charge in [-0.15, -0.1) is 0 Å². The van der Waals surface area contributed by atoms with Crippen LogP contribution in [0.25, 0.3) is 6.08 Å². The van der Waals surface area contributed by atoms with Gasteiger partial charge in [-0.3, -0.25) is 14.5 Å². The smallest absolute Gasteiger partial charge is 0.373 e. The quantitative estimate of drug-likeness (QED) is 0.181. The molecule has 1 aliphatic heterocycles.